The predicted octanol–water partition coefficient (Wildman–Crippen LogP) is 2.16. The Kier molecular flexibility index (Phi) is 4.07. The molecule has 3 rings (SSSR count). The second-order valence-corrected chi connectivity index (χ2v) is 6.24. The lowest BCUT2D eigenvalue weighted by molar-refractivity contribution is -0.385. The van der Waals surface area contributed by atoms with Gasteiger partial charge in [-0.25, -0.2) is 0 Å². The number of fused-ring (bicyclic) bond motifs is 1. The number of hydrogen-bond donors (Lipinski definition) is 2. The van der Waals surface area contributed by atoms with Crippen LogP contribution in [-0.4, -0.2) is 28.1 Å². The summed E-state index contributed by atoms with van der Waals surface area (Å²) in [6.45, 7) is 1.65. The average molecular weight is 326 g/mol. The Morgan fingerprint density at radius 2 is 1.83 bits per heavy atom. The van der Waals surface area contributed by atoms with Crippen molar-refractivity contribution in [3.63, 3.8) is 0 Å². The predicted molar refractivity (Wildman–Crippen MR) is 89.0 cm³/mol. The van der Waals surface area contributed by atoms with Gasteiger partial charge in [0, 0.05) is 36.6 Å². The zero-order valence-electron chi connectivity index (χ0n) is 13.3. The highest BCUT2D eigenvalue weighted by Crippen LogP contribution is 2.29. The third kappa shape index (κ3) is 3.00. The van der Waals surface area contributed by atoms with E-state index in [1.807, 2.05) is 24.3 Å². The van der Waals surface area contributed by atoms with E-state index in [0.717, 1.165) is 11.1 Å². The first-order valence-electron chi connectivity index (χ1n) is 7.71. The van der Waals surface area contributed by atoms with E-state index in [9.17, 15) is 20.0 Å². The number of aliphatic hydroxyl groups is 1. The van der Waals surface area contributed by atoms with Crippen LogP contribution in [0.4, 0.5) is 5.69 Å². The average Bonchev–Trinajstić information content (AvgIpc) is 2.89. The Bertz CT molecular complexity index is 791. The largest absolute Gasteiger partial charge is 0.387 e. The Balaban J connectivity index is 1.71. The molecule has 6 heteroatoms. The molecule has 0 aliphatic heterocycles. The van der Waals surface area contributed by atoms with Crippen molar-refractivity contribution < 1.29 is 14.8 Å². The van der Waals surface area contributed by atoms with Gasteiger partial charge in [-0.2, -0.15) is 0 Å². The minimum Gasteiger partial charge on any atom is -0.387 e. The molecule has 1 aliphatic carbocycles. The quantitative estimate of drug-likeness (QED) is 0.665. The van der Waals surface area contributed by atoms with Gasteiger partial charge in [0.1, 0.15) is 0 Å². The second kappa shape index (κ2) is 6.05. The van der Waals surface area contributed by atoms with Gasteiger partial charge < -0.3 is 10.4 Å². The number of carbonyl (C=O) groups is 1. The van der Waals surface area contributed by atoms with E-state index in [4.69, 9.17) is 0 Å². The number of carbonyl (C=O) groups excluding carboxylic acids is 1. The van der Waals surface area contributed by atoms with Crippen LogP contribution in [0.3, 0.4) is 0 Å². The minimum atomic E-state index is -1.02. The first-order valence-corrected chi connectivity index (χ1v) is 7.71. The van der Waals surface area contributed by atoms with Crippen molar-refractivity contribution in [2.24, 2.45) is 0 Å². The van der Waals surface area contributed by atoms with Gasteiger partial charge in [-0.1, -0.05) is 30.3 Å². The summed E-state index contributed by atoms with van der Waals surface area (Å²) in [5.74, 6) is -0.416. The summed E-state index contributed by atoms with van der Waals surface area (Å²) < 4.78 is 0. The van der Waals surface area contributed by atoms with Crippen molar-refractivity contribution in [1.29, 1.82) is 0 Å². The molecule has 2 aromatic carbocycles. The summed E-state index contributed by atoms with van der Waals surface area (Å²) in [7, 11) is 0. The van der Waals surface area contributed by atoms with Gasteiger partial charge in [-0.15, -0.1) is 0 Å². The van der Waals surface area contributed by atoms with E-state index in [0.29, 0.717) is 18.4 Å². The summed E-state index contributed by atoms with van der Waals surface area (Å²) in [5, 5.41) is 24.4. The molecule has 6 nitrogen and oxygen atoms in total. The molecule has 1 aliphatic rings. The summed E-state index contributed by atoms with van der Waals surface area (Å²) in [4.78, 5) is 22.8. The molecule has 0 spiro atoms. The van der Waals surface area contributed by atoms with Gasteiger partial charge in [0.2, 0.25) is 0 Å². The third-order valence-electron chi connectivity index (χ3n) is 4.48. The number of nitrogens with one attached hydrogen (secondary N) is 1. The van der Waals surface area contributed by atoms with Gasteiger partial charge in [0.15, 0.2) is 0 Å². The van der Waals surface area contributed by atoms with Crippen LogP contribution in [0.2, 0.25) is 0 Å². The second-order valence-electron chi connectivity index (χ2n) is 6.24. The molecule has 0 heterocycles. The Morgan fingerprint density at radius 3 is 2.42 bits per heavy atom. The topological polar surface area (TPSA) is 92.5 Å². The molecular weight excluding hydrogens is 308 g/mol. The smallest absolute Gasteiger partial charge is 0.273 e. The number of benzene rings is 2. The van der Waals surface area contributed by atoms with E-state index >= 15 is 0 Å². The number of nitro groups is 1. The van der Waals surface area contributed by atoms with Gasteiger partial charge >= 0.3 is 0 Å². The molecule has 1 amide bonds. The molecule has 0 saturated heterocycles. The van der Waals surface area contributed by atoms with Crippen molar-refractivity contribution in [2.75, 3.05) is 6.54 Å². The molecule has 0 atom stereocenters. The Hall–Kier alpha value is -2.73. The number of nitrogens with zero attached hydrogens (tertiary/aromatic N) is 1. The molecule has 24 heavy (non-hydrogen) atoms. The van der Waals surface area contributed by atoms with Crippen LogP contribution in [0, 0.1) is 17.0 Å². The highest BCUT2D eigenvalue weighted by Gasteiger charge is 2.35. The van der Waals surface area contributed by atoms with E-state index in [1.54, 1.807) is 13.0 Å². The Morgan fingerprint density at radius 1 is 1.21 bits per heavy atom. The number of rotatable bonds is 4. The number of hydrogen-bond acceptors (Lipinski definition) is 4. The lowest BCUT2D eigenvalue weighted by Crippen LogP contribution is -2.43. The summed E-state index contributed by atoms with van der Waals surface area (Å²) in [6, 6.07) is 12.2. The van der Waals surface area contributed by atoms with Crippen molar-refractivity contribution in [2.45, 2.75) is 25.4 Å². The third-order valence-corrected chi connectivity index (χ3v) is 4.48. The fourth-order valence-corrected chi connectivity index (χ4v) is 3.21. The van der Waals surface area contributed by atoms with E-state index in [2.05, 4.69) is 5.32 Å². The summed E-state index contributed by atoms with van der Waals surface area (Å²) >= 11 is 0. The highest BCUT2D eigenvalue weighted by atomic mass is 16.6. The molecule has 0 radical (unpaired) electrons. The molecule has 2 aromatic rings. The van der Waals surface area contributed by atoms with E-state index < -0.39 is 16.4 Å². The zero-order valence-corrected chi connectivity index (χ0v) is 13.3. The van der Waals surface area contributed by atoms with Crippen molar-refractivity contribution >= 4 is 11.6 Å². The fraction of sp³-hybridized carbons (Fsp3) is 0.278. The Labute approximate surface area is 139 Å². The molecule has 0 aromatic heterocycles. The lowest BCUT2D eigenvalue weighted by atomic mass is 10.00. The molecule has 124 valence electrons. The van der Waals surface area contributed by atoms with Crippen molar-refractivity contribution in [3.8, 4) is 0 Å². The normalized spacial score (nSPS) is 14.9. The monoisotopic (exact) mass is 326 g/mol. The minimum absolute atomic E-state index is 0.0883. The van der Waals surface area contributed by atoms with E-state index in [1.165, 1.54) is 12.1 Å². The van der Waals surface area contributed by atoms with Crippen LogP contribution < -0.4 is 5.32 Å². The van der Waals surface area contributed by atoms with Crippen molar-refractivity contribution in [1.82, 2.24) is 5.32 Å². The first kappa shape index (κ1) is 16.1. The first-order chi connectivity index (χ1) is 11.4. The molecular formula is C18H18N2O4. The zero-order chi connectivity index (χ0) is 17.3. The van der Waals surface area contributed by atoms with Gasteiger partial charge in [0.05, 0.1) is 10.5 Å². The maximum Gasteiger partial charge on any atom is 0.273 e. The summed E-state index contributed by atoms with van der Waals surface area (Å²) in [6.07, 6.45) is 0.967. The molecule has 0 bridgehead atoms. The van der Waals surface area contributed by atoms with Gasteiger partial charge in [-0.3, -0.25) is 14.9 Å². The molecule has 0 saturated carbocycles. The molecule has 0 unspecified atom stereocenters. The highest BCUT2D eigenvalue weighted by molar-refractivity contribution is 5.96. The summed E-state index contributed by atoms with van der Waals surface area (Å²) in [5.41, 5.74) is 1.63. The number of nitro benzene ring substituents is 1. The van der Waals surface area contributed by atoms with E-state index in [-0.39, 0.29) is 17.8 Å². The maximum absolute atomic E-state index is 12.4. The van der Waals surface area contributed by atoms with Crippen LogP contribution in [0.5, 0.6) is 0 Å². The maximum atomic E-state index is 12.4. The molecule has 2 N–H and O–H groups in total. The van der Waals surface area contributed by atoms with Crippen LogP contribution in [0.15, 0.2) is 42.5 Å². The SMILES string of the molecule is Cc1c(C(=O)NCC2(O)Cc3ccccc3C2)cccc1[N+](=O)[O-]. The van der Waals surface area contributed by atoms with Crippen LogP contribution >= 0.6 is 0 Å². The van der Waals surface area contributed by atoms with Gasteiger partial charge in [0.25, 0.3) is 11.6 Å². The lowest BCUT2D eigenvalue weighted by Gasteiger charge is -2.22. The molecule has 0 fully saturated rings. The fourth-order valence-electron chi connectivity index (χ4n) is 3.21. The standard InChI is InChI=1S/C18H18N2O4/c1-12-15(7-4-8-16(12)20(23)24)17(21)19-11-18(22)9-13-5-2-3-6-14(13)10-18/h2-8,22H,9-11H2,1H3,(H,19,21). The van der Waals surface area contributed by atoms with Gasteiger partial charge in [-0.05, 0) is 24.1 Å². The number of amides is 1. The van der Waals surface area contributed by atoms with Crippen LogP contribution in [0.1, 0.15) is 27.0 Å². The van der Waals surface area contributed by atoms with Crippen LogP contribution in [0.25, 0.3) is 0 Å². The van der Waals surface area contributed by atoms with Crippen LogP contribution in [-0.2, 0) is 12.8 Å². The van der Waals surface area contributed by atoms with Crippen molar-refractivity contribution in [3.05, 3.63) is 74.8 Å².